The number of sulfonamides is 1. The van der Waals surface area contributed by atoms with Crippen LogP contribution in [0.3, 0.4) is 0 Å². The third-order valence-corrected chi connectivity index (χ3v) is 9.80. The minimum atomic E-state index is -4.22. The van der Waals surface area contributed by atoms with Crippen molar-refractivity contribution in [3.05, 3.63) is 125 Å². The van der Waals surface area contributed by atoms with E-state index in [-0.39, 0.29) is 35.5 Å². The Morgan fingerprint density at radius 3 is 2.07 bits per heavy atom. The Morgan fingerprint density at radius 1 is 0.844 bits per heavy atom. The molecule has 10 heteroatoms. The molecular weight excluding hydrogens is 654 g/mol. The summed E-state index contributed by atoms with van der Waals surface area (Å²) in [5.74, 6) is -0.559. The van der Waals surface area contributed by atoms with Gasteiger partial charge in [-0.3, -0.25) is 13.9 Å². The van der Waals surface area contributed by atoms with Crippen LogP contribution in [0, 0.1) is 0 Å². The summed E-state index contributed by atoms with van der Waals surface area (Å²) in [5, 5.41) is 3.05. The third kappa shape index (κ3) is 8.73. The summed E-state index contributed by atoms with van der Waals surface area (Å²) in [6.07, 6.45) is 0.951. The van der Waals surface area contributed by atoms with E-state index in [4.69, 9.17) is 4.74 Å². The Morgan fingerprint density at radius 2 is 1.44 bits per heavy atom. The maximum Gasteiger partial charge on any atom is 0.264 e. The molecule has 0 heterocycles. The molecule has 4 rings (SSSR count). The van der Waals surface area contributed by atoms with Gasteiger partial charge in [-0.25, -0.2) is 8.42 Å². The fourth-order valence-electron chi connectivity index (χ4n) is 4.85. The molecular formula is C35H38BrN3O5S. The van der Waals surface area contributed by atoms with Gasteiger partial charge in [-0.15, -0.1) is 0 Å². The molecule has 2 amide bonds. The Bertz CT molecular complexity index is 1670. The molecule has 0 fully saturated rings. The van der Waals surface area contributed by atoms with Gasteiger partial charge in [0.2, 0.25) is 11.8 Å². The number of carbonyl (C=O) groups excluding carboxylic acids is 2. The number of amides is 2. The van der Waals surface area contributed by atoms with E-state index < -0.39 is 28.5 Å². The van der Waals surface area contributed by atoms with Crippen molar-refractivity contribution < 1.29 is 22.7 Å². The number of nitrogens with one attached hydrogen (secondary N) is 1. The quantitative estimate of drug-likeness (QED) is 0.170. The second kappa shape index (κ2) is 15.7. The predicted octanol–water partition coefficient (Wildman–Crippen LogP) is 6.21. The summed E-state index contributed by atoms with van der Waals surface area (Å²) in [6, 6.07) is 30.5. The molecule has 0 saturated carbocycles. The van der Waals surface area contributed by atoms with Gasteiger partial charge in [0.15, 0.2) is 0 Å². The van der Waals surface area contributed by atoms with Crippen LogP contribution >= 0.6 is 15.9 Å². The van der Waals surface area contributed by atoms with E-state index >= 15 is 0 Å². The lowest BCUT2D eigenvalue weighted by Gasteiger charge is -2.34. The smallest absolute Gasteiger partial charge is 0.264 e. The van der Waals surface area contributed by atoms with Crippen molar-refractivity contribution in [1.29, 1.82) is 0 Å². The van der Waals surface area contributed by atoms with Gasteiger partial charge in [-0.05, 0) is 60.9 Å². The fourth-order valence-corrected chi connectivity index (χ4v) is 6.56. The number of anilines is 1. The molecule has 0 radical (unpaired) electrons. The van der Waals surface area contributed by atoms with Crippen LogP contribution < -0.4 is 14.4 Å². The first-order valence-corrected chi connectivity index (χ1v) is 17.0. The Balaban J connectivity index is 1.82. The van der Waals surface area contributed by atoms with E-state index in [1.165, 1.54) is 24.1 Å². The molecule has 2 atom stereocenters. The van der Waals surface area contributed by atoms with Gasteiger partial charge in [-0.2, -0.15) is 0 Å². The van der Waals surface area contributed by atoms with Crippen molar-refractivity contribution in [2.45, 2.75) is 50.2 Å². The van der Waals surface area contributed by atoms with Gasteiger partial charge in [0, 0.05) is 23.5 Å². The van der Waals surface area contributed by atoms with Crippen LogP contribution in [-0.4, -0.2) is 50.9 Å². The van der Waals surface area contributed by atoms with Crippen LogP contribution in [0.4, 0.5) is 5.69 Å². The van der Waals surface area contributed by atoms with Gasteiger partial charge in [-0.1, -0.05) is 95.7 Å². The highest BCUT2D eigenvalue weighted by atomic mass is 79.9. The Kier molecular flexibility index (Phi) is 11.8. The highest BCUT2D eigenvalue weighted by Crippen LogP contribution is 2.32. The maximum absolute atomic E-state index is 14.6. The number of para-hydroxylation sites is 2. The number of ether oxygens (including phenoxy) is 1. The summed E-state index contributed by atoms with van der Waals surface area (Å²) < 4.78 is 35.8. The highest BCUT2D eigenvalue weighted by molar-refractivity contribution is 9.10. The van der Waals surface area contributed by atoms with Crippen LogP contribution in [-0.2, 0) is 32.6 Å². The zero-order valence-electron chi connectivity index (χ0n) is 25.6. The van der Waals surface area contributed by atoms with Crippen LogP contribution in [0.2, 0.25) is 0 Å². The number of hydrogen-bond donors (Lipinski definition) is 1. The number of carbonyl (C=O) groups is 2. The second-order valence-electron chi connectivity index (χ2n) is 10.7. The van der Waals surface area contributed by atoms with Gasteiger partial charge < -0.3 is 15.0 Å². The second-order valence-corrected chi connectivity index (χ2v) is 13.4. The molecule has 0 aliphatic rings. The standard InChI is InChI=1S/C35H38BrN3O5S/c1-4-26(2)37-35(41)32(23-27-13-7-5-8-14-27)38(24-28-19-21-29(36)22-20-28)34(40)25-39(31-17-11-12-18-33(31)44-3)45(42,43)30-15-9-6-10-16-30/h5-22,26,32H,4,23-25H2,1-3H3,(H,37,41)/t26-,32-/m0/s1. The molecule has 0 saturated heterocycles. The Hall–Kier alpha value is -4.15. The molecule has 8 nitrogen and oxygen atoms in total. The van der Waals surface area contributed by atoms with Crippen molar-refractivity contribution in [2.24, 2.45) is 0 Å². The summed E-state index contributed by atoms with van der Waals surface area (Å²) in [5.41, 5.74) is 1.87. The molecule has 45 heavy (non-hydrogen) atoms. The van der Waals surface area contributed by atoms with Crippen molar-refractivity contribution in [2.75, 3.05) is 18.0 Å². The van der Waals surface area contributed by atoms with Gasteiger partial charge in [0.25, 0.3) is 10.0 Å². The first kappa shape index (κ1) is 33.7. The molecule has 0 aromatic heterocycles. The van der Waals surface area contributed by atoms with E-state index in [1.54, 1.807) is 42.5 Å². The van der Waals surface area contributed by atoms with Crippen molar-refractivity contribution in [3.63, 3.8) is 0 Å². The molecule has 0 spiro atoms. The minimum absolute atomic E-state index is 0.0264. The lowest BCUT2D eigenvalue weighted by atomic mass is 10.0. The summed E-state index contributed by atoms with van der Waals surface area (Å²) >= 11 is 3.46. The summed E-state index contributed by atoms with van der Waals surface area (Å²) in [7, 11) is -2.78. The largest absolute Gasteiger partial charge is 0.495 e. The maximum atomic E-state index is 14.6. The lowest BCUT2D eigenvalue weighted by Crippen LogP contribution is -2.54. The minimum Gasteiger partial charge on any atom is -0.495 e. The van der Waals surface area contributed by atoms with Crippen LogP contribution in [0.25, 0.3) is 0 Å². The SMILES string of the molecule is CC[C@H](C)NC(=O)[C@H](Cc1ccccc1)N(Cc1ccc(Br)cc1)C(=O)CN(c1ccccc1OC)S(=O)(=O)c1ccccc1. The molecule has 0 aliphatic heterocycles. The van der Waals surface area contributed by atoms with Crippen LogP contribution in [0.5, 0.6) is 5.75 Å². The van der Waals surface area contributed by atoms with E-state index in [9.17, 15) is 18.0 Å². The topological polar surface area (TPSA) is 96.0 Å². The molecule has 4 aromatic rings. The van der Waals surface area contributed by atoms with E-state index in [2.05, 4.69) is 21.2 Å². The van der Waals surface area contributed by atoms with E-state index in [0.29, 0.717) is 12.2 Å². The van der Waals surface area contributed by atoms with Crippen molar-refractivity contribution >= 4 is 43.5 Å². The first-order chi connectivity index (χ1) is 21.6. The zero-order chi connectivity index (χ0) is 32.4. The number of benzene rings is 4. The molecule has 0 bridgehead atoms. The van der Waals surface area contributed by atoms with Crippen LogP contribution in [0.1, 0.15) is 31.4 Å². The number of hydrogen-bond acceptors (Lipinski definition) is 5. The first-order valence-electron chi connectivity index (χ1n) is 14.7. The summed E-state index contributed by atoms with van der Waals surface area (Å²) in [4.78, 5) is 30.0. The number of rotatable bonds is 14. The Labute approximate surface area is 274 Å². The van der Waals surface area contributed by atoms with Crippen LogP contribution in [0.15, 0.2) is 119 Å². The number of halogens is 1. The monoisotopic (exact) mass is 691 g/mol. The number of methoxy groups -OCH3 is 1. The van der Waals surface area contributed by atoms with Gasteiger partial charge >= 0.3 is 0 Å². The van der Waals surface area contributed by atoms with Gasteiger partial charge in [0.1, 0.15) is 18.3 Å². The fraction of sp³-hybridized carbons (Fsp3) is 0.257. The highest BCUT2D eigenvalue weighted by Gasteiger charge is 2.35. The molecule has 0 aliphatic carbocycles. The molecule has 4 aromatic carbocycles. The van der Waals surface area contributed by atoms with E-state index in [1.807, 2.05) is 68.4 Å². The van der Waals surface area contributed by atoms with Gasteiger partial charge in [0.05, 0.1) is 17.7 Å². The molecule has 236 valence electrons. The summed E-state index contributed by atoms with van der Waals surface area (Å²) in [6.45, 7) is 3.41. The third-order valence-electron chi connectivity index (χ3n) is 7.50. The van der Waals surface area contributed by atoms with Crippen molar-refractivity contribution in [1.82, 2.24) is 10.2 Å². The average Bonchev–Trinajstić information content (AvgIpc) is 3.06. The van der Waals surface area contributed by atoms with E-state index in [0.717, 1.165) is 19.9 Å². The van der Waals surface area contributed by atoms with Crippen molar-refractivity contribution in [3.8, 4) is 5.75 Å². The normalized spacial score (nSPS) is 12.5. The zero-order valence-corrected chi connectivity index (χ0v) is 28.0. The average molecular weight is 693 g/mol. The molecule has 0 unspecified atom stereocenters. The molecule has 1 N–H and O–H groups in total. The lowest BCUT2D eigenvalue weighted by molar-refractivity contribution is -0.140. The number of nitrogens with zero attached hydrogens (tertiary/aromatic N) is 2. The predicted molar refractivity (Wildman–Crippen MR) is 180 cm³/mol.